The van der Waals surface area contributed by atoms with Crippen LogP contribution in [0.5, 0.6) is 0 Å². The second-order valence-corrected chi connectivity index (χ2v) is 5.12. The molecule has 1 N–H and O–H groups in total. The number of rotatable bonds is 2. The van der Waals surface area contributed by atoms with Crippen LogP contribution in [0.4, 0.5) is 0 Å². The fourth-order valence-electron chi connectivity index (χ4n) is 2.19. The number of carbonyl (C=O) groups is 2. The molecular weight excluding hydrogens is 280 g/mol. The Morgan fingerprint density at radius 2 is 2.20 bits per heavy atom. The minimum Gasteiger partial charge on any atom is -0.365 e. The zero-order valence-electron chi connectivity index (χ0n) is 11.5. The molecule has 20 heavy (non-hydrogen) atoms. The summed E-state index contributed by atoms with van der Waals surface area (Å²) in [7, 11) is 1.55. The molecular formula is C14H17ClN2O3. The van der Waals surface area contributed by atoms with E-state index in [1.807, 2.05) is 6.92 Å². The Hall–Kier alpha value is -1.59. The Balaban J connectivity index is 2.14. The number of hydrogen-bond donors (Lipinski definition) is 1. The summed E-state index contributed by atoms with van der Waals surface area (Å²) < 4.78 is 5.37. The molecule has 5 nitrogen and oxygen atoms in total. The van der Waals surface area contributed by atoms with Gasteiger partial charge in [-0.25, -0.2) is 0 Å². The number of nitrogens with zero attached hydrogens (tertiary/aromatic N) is 1. The number of benzene rings is 1. The summed E-state index contributed by atoms with van der Waals surface area (Å²) in [5.74, 6) is -0.313. The number of nitrogens with one attached hydrogen (secondary N) is 1. The van der Waals surface area contributed by atoms with Crippen LogP contribution in [0.1, 0.15) is 15.9 Å². The van der Waals surface area contributed by atoms with Crippen LogP contribution in [0.3, 0.4) is 0 Å². The zero-order chi connectivity index (χ0) is 14.7. The molecule has 0 aliphatic carbocycles. The highest BCUT2D eigenvalue weighted by Gasteiger charge is 2.29. The van der Waals surface area contributed by atoms with Gasteiger partial charge in [-0.05, 0) is 30.7 Å². The minimum atomic E-state index is -0.606. The van der Waals surface area contributed by atoms with Gasteiger partial charge in [0.25, 0.3) is 11.8 Å². The lowest BCUT2D eigenvalue weighted by Gasteiger charge is -2.32. The zero-order valence-corrected chi connectivity index (χ0v) is 12.2. The number of ether oxygens (including phenoxy) is 1. The highest BCUT2D eigenvalue weighted by atomic mass is 35.5. The summed E-state index contributed by atoms with van der Waals surface area (Å²) in [5, 5.41) is 3.13. The molecule has 1 atom stereocenters. The number of likely N-dealkylation sites (N-methyl/N-ethyl adjacent to an activating group) is 1. The lowest BCUT2D eigenvalue weighted by atomic mass is 10.1. The van der Waals surface area contributed by atoms with Crippen molar-refractivity contribution in [2.24, 2.45) is 0 Å². The van der Waals surface area contributed by atoms with Gasteiger partial charge >= 0.3 is 0 Å². The molecule has 1 aromatic carbocycles. The molecule has 1 aliphatic heterocycles. The van der Waals surface area contributed by atoms with Crippen LogP contribution in [0.15, 0.2) is 18.2 Å². The van der Waals surface area contributed by atoms with E-state index in [2.05, 4.69) is 5.32 Å². The van der Waals surface area contributed by atoms with Crippen molar-refractivity contribution in [3.05, 3.63) is 34.3 Å². The van der Waals surface area contributed by atoms with E-state index in [9.17, 15) is 9.59 Å². The first-order valence-corrected chi connectivity index (χ1v) is 6.79. The van der Waals surface area contributed by atoms with Crippen molar-refractivity contribution in [2.75, 3.05) is 26.7 Å². The van der Waals surface area contributed by atoms with Crippen molar-refractivity contribution in [1.82, 2.24) is 10.2 Å². The Kier molecular flexibility index (Phi) is 4.62. The topological polar surface area (TPSA) is 58.6 Å². The van der Waals surface area contributed by atoms with Gasteiger partial charge in [0, 0.05) is 24.2 Å². The van der Waals surface area contributed by atoms with Gasteiger partial charge in [0.05, 0.1) is 13.2 Å². The SMILES string of the molecule is CNC(=O)[C@H]1CN(C(=O)c2ccc(Cl)cc2C)CCO1. The molecule has 2 amide bonds. The minimum absolute atomic E-state index is 0.101. The van der Waals surface area contributed by atoms with Crippen molar-refractivity contribution >= 4 is 23.4 Å². The van der Waals surface area contributed by atoms with Crippen molar-refractivity contribution in [1.29, 1.82) is 0 Å². The van der Waals surface area contributed by atoms with E-state index in [1.165, 1.54) is 0 Å². The summed E-state index contributed by atoms with van der Waals surface area (Å²) in [6.45, 7) is 2.95. The van der Waals surface area contributed by atoms with Crippen molar-refractivity contribution in [3.8, 4) is 0 Å². The molecule has 1 saturated heterocycles. The van der Waals surface area contributed by atoms with E-state index in [0.29, 0.717) is 23.7 Å². The Bertz CT molecular complexity index is 533. The predicted molar refractivity (Wildman–Crippen MR) is 75.9 cm³/mol. The summed E-state index contributed by atoms with van der Waals surface area (Å²) in [6, 6.07) is 5.16. The molecule has 0 aromatic heterocycles. The summed E-state index contributed by atoms with van der Waals surface area (Å²) in [6.07, 6.45) is -0.606. The van der Waals surface area contributed by atoms with Crippen LogP contribution >= 0.6 is 11.6 Å². The molecule has 2 rings (SSSR count). The van der Waals surface area contributed by atoms with E-state index >= 15 is 0 Å². The average Bonchev–Trinajstić information content (AvgIpc) is 2.46. The van der Waals surface area contributed by atoms with Crippen molar-refractivity contribution < 1.29 is 14.3 Å². The number of aryl methyl sites for hydroxylation is 1. The average molecular weight is 297 g/mol. The van der Waals surface area contributed by atoms with Crippen LogP contribution in [0, 0.1) is 6.92 Å². The van der Waals surface area contributed by atoms with E-state index < -0.39 is 6.10 Å². The maximum absolute atomic E-state index is 12.5. The summed E-state index contributed by atoms with van der Waals surface area (Å²) in [4.78, 5) is 25.7. The van der Waals surface area contributed by atoms with Gasteiger partial charge in [-0.2, -0.15) is 0 Å². The second-order valence-electron chi connectivity index (χ2n) is 4.68. The highest BCUT2D eigenvalue weighted by molar-refractivity contribution is 6.30. The van der Waals surface area contributed by atoms with Gasteiger partial charge in [0.2, 0.25) is 0 Å². The van der Waals surface area contributed by atoms with Crippen molar-refractivity contribution in [2.45, 2.75) is 13.0 Å². The fourth-order valence-corrected chi connectivity index (χ4v) is 2.42. The fraction of sp³-hybridized carbons (Fsp3) is 0.429. The number of halogens is 1. The smallest absolute Gasteiger partial charge is 0.254 e. The first kappa shape index (κ1) is 14.8. The number of amides is 2. The van der Waals surface area contributed by atoms with Gasteiger partial charge in [0.15, 0.2) is 6.10 Å². The summed E-state index contributed by atoms with van der Waals surface area (Å²) in [5.41, 5.74) is 1.43. The third-order valence-corrected chi connectivity index (χ3v) is 3.55. The second kappa shape index (κ2) is 6.24. The number of carbonyl (C=O) groups excluding carboxylic acids is 2. The molecule has 1 fully saturated rings. The Labute approximate surface area is 122 Å². The standard InChI is InChI=1S/C14H17ClN2O3/c1-9-7-10(15)3-4-11(9)14(19)17-5-6-20-12(8-17)13(18)16-2/h3-4,7,12H,5-6,8H2,1-2H3,(H,16,18)/t12-/m1/s1. The van der Waals surface area contributed by atoms with Crippen LogP contribution in [0.2, 0.25) is 5.02 Å². The molecule has 108 valence electrons. The Morgan fingerprint density at radius 1 is 1.45 bits per heavy atom. The predicted octanol–water partition coefficient (Wildman–Crippen LogP) is 1.24. The lowest BCUT2D eigenvalue weighted by molar-refractivity contribution is -0.136. The Morgan fingerprint density at radius 3 is 2.85 bits per heavy atom. The molecule has 0 spiro atoms. The number of morpholine rings is 1. The molecule has 1 aromatic rings. The van der Waals surface area contributed by atoms with E-state index in [0.717, 1.165) is 5.56 Å². The lowest BCUT2D eigenvalue weighted by Crippen LogP contribution is -2.51. The molecule has 1 heterocycles. The molecule has 0 saturated carbocycles. The first-order chi connectivity index (χ1) is 9.52. The van der Waals surface area contributed by atoms with Gasteiger partial charge in [0.1, 0.15) is 0 Å². The first-order valence-electron chi connectivity index (χ1n) is 6.41. The van der Waals surface area contributed by atoms with Crippen LogP contribution in [-0.4, -0.2) is 49.6 Å². The van der Waals surface area contributed by atoms with Crippen LogP contribution in [0.25, 0.3) is 0 Å². The highest BCUT2D eigenvalue weighted by Crippen LogP contribution is 2.18. The van der Waals surface area contributed by atoms with Crippen molar-refractivity contribution in [3.63, 3.8) is 0 Å². The summed E-state index contributed by atoms with van der Waals surface area (Å²) >= 11 is 5.89. The third-order valence-electron chi connectivity index (χ3n) is 3.31. The molecule has 0 unspecified atom stereocenters. The van der Waals surface area contributed by atoms with Gasteiger partial charge in [-0.3, -0.25) is 9.59 Å². The molecule has 0 radical (unpaired) electrons. The maximum Gasteiger partial charge on any atom is 0.254 e. The molecule has 6 heteroatoms. The molecule has 0 bridgehead atoms. The van der Waals surface area contributed by atoms with Crippen LogP contribution in [-0.2, 0) is 9.53 Å². The quantitative estimate of drug-likeness (QED) is 0.893. The normalized spacial score (nSPS) is 18.8. The van der Waals surface area contributed by atoms with E-state index in [-0.39, 0.29) is 18.4 Å². The van der Waals surface area contributed by atoms with E-state index in [1.54, 1.807) is 30.1 Å². The molecule has 1 aliphatic rings. The van der Waals surface area contributed by atoms with Gasteiger partial charge in [-0.15, -0.1) is 0 Å². The monoisotopic (exact) mass is 296 g/mol. The van der Waals surface area contributed by atoms with Gasteiger partial charge < -0.3 is 15.0 Å². The van der Waals surface area contributed by atoms with Gasteiger partial charge in [-0.1, -0.05) is 11.6 Å². The van der Waals surface area contributed by atoms with E-state index in [4.69, 9.17) is 16.3 Å². The van der Waals surface area contributed by atoms with Crippen LogP contribution < -0.4 is 5.32 Å². The largest absolute Gasteiger partial charge is 0.365 e. The third kappa shape index (κ3) is 3.11. The maximum atomic E-state index is 12.5. The number of hydrogen-bond acceptors (Lipinski definition) is 3.